The van der Waals surface area contributed by atoms with Gasteiger partial charge in [-0.3, -0.25) is 0 Å². The molecule has 2 aliphatic rings. The first-order chi connectivity index (χ1) is 8.54. The van der Waals surface area contributed by atoms with Gasteiger partial charge in [0.1, 0.15) is 0 Å². The first-order valence-electron chi connectivity index (χ1n) is 8.54. The van der Waals surface area contributed by atoms with Crippen LogP contribution in [0.15, 0.2) is 0 Å². The summed E-state index contributed by atoms with van der Waals surface area (Å²) >= 11 is 0. The molecule has 0 amide bonds. The summed E-state index contributed by atoms with van der Waals surface area (Å²) in [5.74, 6) is 6.06. The van der Waals surface area contributed by atoms with E-state index in [0.717, 1.165) is 35.5 Å². The largest absolute Gasteiger partial charge is 0.0625 e. The first kappa shape index (κ1) is 14.4. The fourth-order valence-corrected chi connectivity index (χ4v) is 4.85. The normalized spacial score (nSPS) is 46.0. The zero-order chi connectivity index (χ0) is 13.1. The average Bonchev–Trinajstić information content (AvgIpc) is 2.29. The van der Waals surface area contributed by atoms with Crippen molar-refractivity contribution in [1.82, 2.24) is 0 Å². The number of hydrogen-bond donors (Lipinski definition) is 0. The molecule has 2 aliphatic carbocycles. The molecule has 18 heavy (non-hydrogen) atoms. The van der Waals surface area contributed by atoms with E-state index < -0.39 is 0 Å². The maximum atomic E-state index is 2.50. The lowest BCUT2D eigenvalue weighted by Crippen LogP contribution is -2.24. The quantitative estimate of drug-likeness (QED) is 0.584. The van der Waals surface area contributed by atoms with Gasteiger partial charge < -0.3 is 0 Å². The van der Waals surface area contributed by atoms with Gasteiger partial charge in [-0.05, 0) is 67.6 Å². The van der Waals surface area contributed by atoms with Crippen LogP contribution in [0.2, 0.25) is 0 Å². The van der Waals surface area contributed by atoms with E-state index in [1.165, 1.54) is 51.4 Å². The highest BCUT2D eigenvalue weighted by molar-refractivity contribution is 4.79. The summed E-state index contributed by atoms with van der Waals surface area (Å²) in [6.45, 7) is 9.90. The van der Waals surface area contributed by atoms with Gasteiger partial charge in [0.2, 0.25) is 0 Å². The van der Waals surface area contributed by atoms with Crippen molar-refractivity contribution in [2.45, 2.75) is 79.1 Å². The molecule has 2 saturated carbocycles. The molecule has 0 aromatic heterocycles. The van der Waals surface area contributed by atoms with E-state index in [-0.39, 0.29) is 0 Å². The third-order valence-corrected chi connectivity index (χ3v) is 5.85. The monoisotopic (exact) mass is 250 g/mol. The molecule has 0 radical (unpaired) electrons. The second-order valence-electron chi connectivity index (χ2n) is 8.02. The lowest BCUT2D eigenvalue weighted by Gasteiger charge is -2.36. The van der Waals surface area contributed by atoms with Gasteiger partial charge in [0.15, 0.2) is 0 Å². The predicted molar refractivity (Wildman–Crippen MR) is 80.6 cm³/mol. The molecule has 106 valence electrons. The second kappa shape index (κ2) is 6.44. The van der Waals surface area contributed by atoms with Gasteiger partial charge in [0.25, 0.3) is 0 Å². The molecule has 0 saturated heterocycles. The number of hydrogen-bond acceptors (Lipinski definition) is 0. The van der Waals surface area contributed by atoms with E-state index in [2.05, 4.69) is 27.7 Å². The SMILES string of the molecule is CC1CC(C)CC(CCC2CC(C)CCC2C)C1. The Morgan fingerprint density at radius 1 is 0.667 bits per heavy atom. The summed E-state index contributed by atoms with van der Waals surface area (Å²) in [5, 5.41) is 0. The summed E-state index contributed by atoms with van der Waals surface area (Å²) in [6.07, 6.45) is 12.0. The van der Waals surface area contributed by atoms with Crippen LogP contribution in [0.3, 0.4) is 0 Å². The van der Waals surface area contributed by atoms with Gasteiger partial charge >= 0.3 is 0 Å². The fourth-order valence-electron chi connectivity index (χ4n) is 4.85. The van der Waals surface area contributed by atoms with Crippen LogP contribution in [0.4, 0.5) is 0 Å². The van der Waals surface area contributed by atoms with E-state index in [9.17, 15) is 0 Å². The van der Waals surface area contributed by atoms with E-state index >= 15 is 0 Å². The molecule has 0 N–H and O–H groups in total. The standard InChI is InChI=1S/C18H34/c1-13-5-6-16(4)18(12-13)8-7-17-10-14(2)9-15(3)11-17/h13-18H,5-12H2,1-4H3. The maximum Gasteiger partial charge on any atom is -0.0386 e. The Kier molecular flexibility index (Phi) is 5.15. The molecular formula is C18H34. The zero-order valence-electron chi connectivity index (χ0n) is 13.1. The van der Waals surface area contributed by atoms with Crippen molar-refractivity contribution in [2.24, 2.45) is 35.5 Å². The Bertz CT molecular complexity index is 234. The van der Waals surface area contributed by atoms with E-state index in [1.807, 2.05) is 0 Å². The predicted octanol–water partition coefficient (Wildman–Crippen LogP) is 5.91. The minimum atomic E-state index is 0.987. The highest BCUT2D eigenvalue weighted by atomic mass is 14.3. The molecule has 2 rings (SSSR count). The smallest absolute Gasteiger partial charge is 0.0386 e. The van der Waals surface area contributed by atoms with Crippen molar-refractivity contribution in [3.05, 3.63) is 0 Å². The molecule has 0 heteroatoms. The van der Waals surface area contributed by atoms with Gasteiger partial charge in [0.05, 0.1) is 0 Å². The van der Waals surface area contributed by atoms with Crippen molar-refractivity contribution in [1.29, 1.82) is 0 Å². The molecule has 0 bridgehead atoms. The highest BCUT2D eigenvalue weighted by Gasteiger charge is 2.28. The van der Waals surface area contributed by atoms with Gasteiger partial charge in [-0.15, -0.1) is 0 Å². The first-order valence-corrected chi connectivity index (χ1v) is 8.54. The van der Waals surface area contributed by atoms with E-state index in [0.29, 0.717) is 0 Å². The Hall–Kier alpha value is 0. The van der Waals surface area contributed by atoms with Crippen LogP contribution in [-0.4, -0.2) is 0 Å². The Morgan fingerprint density at radius 3 is 2.00 bits per heavy atom. The van der Waals surface area contributed by atoms with Crippen LogP contribution in [0.5, 0.6) is 0 Å². The van der Waals surface area contributed by atoms with Crippen molar-refractivity contribution in [3.8, 4) is 0 Å². The molecule has 0 aliphatic heterocycles. The maximum absolute atomic E-state index is 2.50. The molecule has 5 unspecified atom stereocenters. The van der Waals surface area contributed by atoms with Crippen molar-refractivity contribution in [2.75, 3.05) is 0 Å². The lowest BCUT2D eigenvalue weighted by molar-refractivity contribution is 0.156. The molecule has 0 nitrogen and oxygen atoms in total. The van der Waals surface area contributed by atoms with E-state index in [1.54, 1.807) is 0 Å². The molecule has 0 aromatic carbocycles. The third-order valence-electron chi connectivity index (χ3n) is 5.85. The summed E-state index contributed by atoms with van der Waals surface area (Å²) in [4.78, 5) is 0. The van der Waals surface area contributed by atoms with Crippen LogP contribution in [0.1, 0.15) is 79.1 Å². The molecule has 0 aromatic rings. The van der Waals surface area contributed by atoms with Crippen molar-refractivity contribution < 1.29 is 0 Å². The Labute approximate surface area is 115 Å². The minimum absolute atomic E-state index is 0.987. The lowest BCUT2D eigenvalue weighted by atomic mass is 9.70. The summed E-state index contributed by atoms with van der Waals surface area (Å²) in [6, 6.07) is 0. The zero-order valence-corrected chi connectivity index (χ0v) is 13.1. The van der Waals surface area contributed by atoms with Gasteiger partial charge in [-0.1, -0.05) is 47.0 Å². The van der Waals surface area contributed by atoms with Crippen molar-refractivity contribution >= 4 is 0 Å². The molecule has 0 spiro atoms. The number of rotatable bonds is 3. The topological polar surface area (TPSA) is 0 Å². The van der Waals surface area contributed by atoms with Gasteiger partial charge in [-0.25, -0.2) is 0 Å². The molecule has 5 atom stereocenters. The molecule has 2 fully saturated rings. The van der Waals surface area contributed by atoms with Crippen LogP contribution in [0.25, 0.3) is 0 Å². The average molecular weight is 250 g/mol. The van der Waals surface area contributed by atoms with Gasteiger partial charge in [0, 0.05) is 0 Å². The van der Waals surface area contributed by atoms with Gasteiger partial charge in [-0.2, -0.15) is 0 Å². The van der Waals surface area contributed by atoms with Crippen molar-refractivity contribution in [3.63, 3.8) is 0 Å². The highest BCUT2D eigenvalue weighted by Crippen LogP contribution is 2.40. The Morgan fingerprint density at radius 2 is 1.33 bits per heavy atom. The third kappa shape index (κ3) is 4.00. The second-order valence-corrected chi connectivity index (χ2v) is 8.02. The van der Waals surface area contributed by atoms with Crippen LogP contribution in [0, 0.1) is 35.5 Å². The van der Waals surface area contributed by atoms with E-state index in [4.69, 9.17) is 0 Å². The summed E-state index contributed by atoms with van der Waals surface area (Å²) < 4.78 is 0. The summed E-state index contributed by atoms with van der Waals surface area (Å²) in [5.41, 5.74) is 0. The Balaban J connectivity index is 1.76. The van der Waals surface area contributed by atoms with Crippen LogP contribution >= 0.6 is 0 Å². The fraction of sp³-hybridized carbons (Fsp3) is 1.00. The molecular weight excluding hydrogens is 216 g/mol. The minimum Gasteiger partial charge on any atom is -0.0625 e. The molecule has 0 heterocycles. The summed E-state index contributed by atoms with van der Waals surface area (Å²) in [7, 11) is 0. The van der Waals surface area contributed by atoms with Crippen LogP contribution in [-0.2, 0) is 0 Å². The van der Waals surface area contributed by atoms with Crippen LogP contribution < -0.4 is 0 Å².